The fourth-order valence-corrected chi connectivity index (χ4v) is 4.18. The zero-order chi connectivity index (χ0) is 24.9. The molecule has 1 aliphatic rings. The number of benzene rings is 3. The van der Waals surface area contributed by atoms with Crippen molar-refractivity contribution in [2.75, 3.05) is 30.7 Å². The van der Waals surface area contributed by atoms with Crippen molar-refractivity contribution in [2.24, 2.45) is 0 Å². The largest absolute Gasteiger partial charge is 0.481 e. The Labute approximate surface area is 207 Å². The number of hydrogen-bond donors (Lipinski definition) is 4. The number of nitrogen functional groups attached to an aromatic ring is 1. The molecule has 1 saturated carbocycles. The molecule has 35 heavy (non-hydrogen) atoms. The SMILES string of the molecule is N#Cc1cccc(NCCCNCCc2cccc(C3(C(=O)O)CCC3)c2)c1N.c1ccccc1. The van der Waals surface area contributed by atoms with Crippen LogP contribution in [0.15, 0.2) is 78.9 Å². The highest BCUT2D eigenvalue weighted by molar-refractivity contribution is 5.82. The van der Waals surface area contributed by atoms with E-state index < -0.39 is 11.4 Å². The van der Waals surface area contributed by atoms with Crippen molar-refractivity contribution >= 4 is 17.3 Å². The van der Waals surface area contributed by atoms with Gasteiger partial charge in [0.25, 0.3) is 0 Å². The van der Waals surface area contributed by atoms with E-state index in [0.717, 1.165) is 63.0 Å². The second-order valence-electron chi connectivity index (χ2n) is 8.75. The molecule has 0 heterocycles. The fourth-order valence-electron chi connectivity index (χ4n) is 4.18. The topological polar surface area (TPSA) is 111 Å². The van der Waals surface area contributed by atoms with Gasteiger partial charge in [-0.05, 0) is 62.0 Å². The Bertz CT molecular complexity index is 1090. The van der Waals surface area contributed by atoms with Crippen LogP contribution in [0.3, 0.4) is 0 Å². The van der Waals surface area contributed by atoms with Crippen LogP contribution in [0.5, 0.6) is 0 Å². The number of nitriles is 1. The first-order valence-corrected chi connectivity index (χ1v) is 12.1. The van der Waals surface area contributed by atoms with E-state index in [0.29, 0.717) is 11.3 Å². The second-order valence-corrected chi connectivity index (χ2v) is 8.75. The maximum atomic E-state index is 11.7. The summed E-state index contributed by atoms with van der Waals surface area (Å²) in [4.78, 5) is 11.7. The van der Waals surface area contributed by atoms with Gasteiger partial charge in [0.1, 0.15) is 6.07 Å². The zero-order valence-electron chi connectivity index (χ0n) is 20.0. The van der Waals surface area contributed by atoms with E-state index in [1.165, 1.54) is 5.56 Å². The Morgan fingerprint density at radius 3 is 2.26 bits per heavy atom. The summed E-state index contributed by atoms with van der Waals surface area (Å²) in [5.41, 5.74) is 9.18. The molecule has 3 aromatic carbocycles. The van der Waals surface area contributed by atoms with Gasteiger partial charge in [0, 0.05) is 6.54 Å². The lowest BCUT2D eigenvalue weighted by Crippen LogP contribution is -2.42. The Kier molecular flexibility index (Phi) is 9.70. The maximum Gasteiger partial charge on any atom is 0.314 e. The zero-order valence-corrected chi connectivity index (χ0v) is 20.0. The minimum atomic E-state index is -0.701. The van der Waals surface area contributed by atoms with Gasteiger partial charge < -0.3 is 21.5 Å². The van der Waals surface area contributed by atoms with Crippen LogP contribution in [0.25, 0.3) is 0 Å². The van der Waals surface area contributed by atoms with Gasteiger partial charge in [0.15, 0.2) is 0 Å². The van der Waals surface area contributed by atoms with E-state index in [1.54, 1.807) is 6.07 Å². The molecule has 0 amide bonds. The van der Waals surface area contributed by atoms with Gasteiger partial charge in [-0.3, -0.25) is 4.79 Å². The number of hydrogen-bond acceptors (Lipinski definition) is 5. The maximum absolute atomic E-state index is 11.7. The van der Waals surface area contributed by atoms with Crippen molar-refractivity contribution in [3.8, 4) is 6.07 Å². The molecule has 0 aliphatic heterocycles. The molecule has 5 N–H and O–H groups in total. The predicted molar refractivity (Wildman–Crippen MR) is 141 cm³/mol. The summed E-state index contributed by atoms with van der Waals surface area (Å²) in [6.45, 7) is 2.47. The molecular formula is C29H34N4O2. The molecule has 4 rings (SSSR count). The van der Waals surface area contributed by atoms with Crippen LogP contribution in [0.1, 0.15) is 42.4 Å². The summed E-state index contributed by atoms with van der Waals surface area (Å²) < 4.78 is 0. The highest BCUT2D eigenvalue weighted by Gasteiger charge is 2.45. The standard InChI is InChI=1S/C23H28N4O2.C6H6/c24-16-18-6-2-8-20(21(18)25)27-13-4-12-26-14-9-17-5-1-7-19(15-17)23(22(28)29)10-3-11-23;1-2-4-6-5-3-1/h1-2,5-8,15,26-27H,3-4,9-14,25H2,(H,28,29);1-6H. The number of carbonyl (C=O) groups is 1. The molecule has 0 bridgehead atoms. The van der Waals surface area contributed by atoms with Gasteiger partial charge in [-0.25, -0.2) is 0 Å². The molecule has 1 fully saturated rings. The minimum absolute atomic E-state index is 0.488. The summed E-state index contributed by atoms with van der Waals surface area (Å²) >= 11 is 0. The highest BCUT2D eigenvalue weighted by Crippen LogP contribution is 2.44. The van der Waals surface area contributed by atoms with Crippen molar-refractivity contribution in [2.45, 2.75) is 37.5 Å². The summed E-state index contributed by atoms with van der Waals surface area (Å²) in [5.74, 6) is -0.701. The molecule has 0 aromatic heterocycles. The Hall–Kier alpha value is -3.82. The van der Waals surface area contributed by atoms with Crippen LogP contribution in [-0.2, 0) is 16.6 Å². The third-order valence-electron chi connectivity index (χ3n) is 6.43. The highest BCUT2D eigenvalue weighted by atomic mass is 16.4. The van der Waals surface area contributed by atoms with Crippen molar-refractivity contribution in [1.29, 1.82) is 5.26 Å². The van der Waals surface area contributed by atoms with Crippen molar-refractivity contribution in [1.82, 2.24) is 5.32 Å². The number of para-hydroxylation sites is 1. The molecule has 0 radical (unpaired) electrons. The Balaban J connectivity index is 0.000000497. The van der Waals surface area contributed by atoms with E-state index >= 15 is 0 Å². The van der Waals surface area contributed by atoms with Crippen LogP contribution in [0.4, 0.5) is 11.4 Å². The molecule has 6 heteroatoms. The van der Waals surface area contributed by atoms with Crippen molar-refractivity contribution in [3.05, 3.63) is 95.6 Å². The number of carboxylic acids is 1. The molecule has 0 atom stereocenters. The van der Waals surface area contributed by atoms with Crippen LogP contribution >= 0.6 is 0 Å². The quantitative estimate of drug-likeness (QED) is 0.246. The lowest BCUT2D eigenvalue weighted by atomic mass is 9.64. The molecular weight excluding hydrogens is 436 g/mol. The van der Waals surface area contributed by atoms with Gasteiger partial charge in [0.2, 0.25) is 0 Å². The first kappa shape index (κ1) is 25.8. The van der Waals surface area contributed by atoms with Crippen LogP contribution in [0.2, 0.25) is 0 Å². The fraction of sp³-hybridized carbons (Fsp3) is 0.310. The van der Waals surface area contributed by atoms with Gasteiger partial charge in [-0.1, -0.05) is 73.2 Å². The summed E-state index contributed by atoms with van der Waals surface area (Å²) in [7, 11) is 0. The van der Waals surface area contributed by atoms with Gasteiger partial charge in [0.05, 0.1) is 22.4 Å². The number of carboxylic acid groups (broad SMARTS) is 1. The third-order valence-corrected chi connectivity index (χ3v) is 6.43. The van der Waals surface area contributed by atoms with Crippen LogP contribution in [0, 0.1) is 11.3 Å². The van der Waals surface area contributed by atoms with Crippen molar-refractivity contribution in [3.63, 3.8) is 0 Å². The minimum Gasteiger partial charge on any atom is -0.481 e. The van der Waals surface area contributed by atoms with Gasteiger partial charge >= 0.3 is 5.97 Å². The van der Waals surface area contributed by atoms with Crippen LogP contribution < -0.4 is 16.4 Å². The number of aliphatic carboxylic acids is 1. The monoisotopic (exact) mass is 470 g/mol. The van der Waals surface area contributed by atoms with E-state index in [9.17, 15) is 9.90 Å². The summed E-state index contributed by atoms with van der Waals surface area (Å²) in [6.07, 6.45) is 4.25. The van der Waals surface area contributed by atoms with E-state index in [2.05, 4.69) is 28.8 Å². The number of nitrogens with one attached hydrogen (secondary N) is 2. The Morgan fingerprint density at radius 2 is 1.66 bits per heavy atom. The molecule has 0 saturated heterocycles. The number of rotatable bonds is 10. The van der Waals surface area contributed by atoms with E-state index in [-0.39, 0.29) is 0 Å². The third kappa shape index (κ3) is 7.08. The van der Waals surface area contributed by atoms with E-state index in [4.69, 9.17) is 11.0 Å². The van der Waals surface area contributed by atoms with E-state index in [1.807, 2.05) is 60.7 Å². The Morgan fingerprint density at radius 1 is 0.971 bits per heavy atom. The average Bonchev–Trinajstić information content (AvgIpc) is 2.85. The first-order valence-electron chi connectivity index (χ1n) is 12.1. The first-order chi connectivity index (χ1) is 17.1. The number of nitrogens with two attached hydrogens (primary N) is 1. The van der Waals surface area contributed by atoms with Gasteiger partial charge in [-0.15, -0.1) is 0 Å². The average molecular weight is 471 g/mol. The lowest BCUT2D eigenvalue weighted by molar-refractivity contribution is -0.147. The van der Waals surface area contributed by atoms with Gasteiger partial charge in [-0.2, -0.15) is 5.26 Å². The molecule has 182 valence electrons. The molecule has 0 spiro atoms. The molecule has 6 nitrogen and oxygen atoms in total. The number of nitrogens with zero attached hydrogens (tertiary/aromatic N) is 1. The molecule has 3 aromatic rings. The molecule has 1 aliphatic carbocycles. The lowest BCUT2D eigenvalue weighted by Gasteiger charge is -2.38. The summed E-state index contributed by atoms with van der Waals surface area (Å²) in [6, 6.07) is 27.5. The smallest absolute Gasteiger partial charge is 0.314 e. The van der Waals surface area contributed by atoms with Crippen LogP contribution in [-0.4, -0.2) is 30.7 Å². The normalized spacial score (nSPS) is 13.5. The summed E-state index contributed by atoms with van der Waals surface area (Å²) in [5, 5.41) is 25.3. The molecule has 0 unspecified atom stereocenters. The predicted octanol–water partition coefficient (Wildman–Crippen LogP) is 4.97. The second kappa shape index (κ2) is 13.2. The van der Waals surface area contributed by atoms with Crippen molar-refractivity contribution < 1.29 is 9.90 Å². The number of anilines is 2.